The van der Waals surface area contributed by atoms with Gasteiger partial charge in [0.1, 0.15) is 17.6 Å². The Hall–Kier alpha value is -1.37. The summed E-state index contributed by atoms with van der Waals surface area (Å²) in [6.07, 6.45) is 6.91. The molecule has 4 heterocycles. The van der Waals surface area contributed by atoms with Gasteiger partial charge in [0.15, 0.2) is 0 Å². The number of ether oxygens (including phenoxy) is 2. The summed E-state index contributed by atoms with van der Waals surface area (Å²) in [6.45, 7) is 6.39. The Bertz CT molecular complexity index is 630. The third-order valence-corrected chi connectivity index (χ3v) is 6.28. The molecule has 3 fully saturated rings. The van der Waals surface area contributed by atoms with Crippen molar-refractivity contribution in [3.63, 3.8) is 0 Å². The van der Waals surface area contributed by atoms with Gasteiger partial charge < -0.3 is 19.2 Å². The van der Waals surface area contributed by atoms with Gasteiger partial charge in [0, 0.05) is 32.7 Å². The summed E-state index contributed by atoms with van der Waals surface area (Å²) in [7, 11) is 0. The number of carbonyl (C=O) groups excluding carboxylic acids is 1. The molecular formula is C21H32N2O4. The van der Waals surface area contributed by atoms with Gasteiger partial charge in [-0.3, -0.25) is 9.69 Å². The third-order valence-electron chi connectivity index (χ3n) is 6.28. The number of nitrogens with zero attached hydrogens (tertiary/aromatic N) is 1. The normalized spacial score (nSPS) is 28.0. The Morgan fingerprint density at radius 1 is 1.22 bits per heavy atom. The monoisotopic (exact) mass is 376 g/mol. The van der Waals surface area contributed by atoms with Crippen LogP contribution in [0.5, 0.6) is 0 Å². The molecule has 0 radical (unpaired) electrons. The molecule has 4 rings (SSSR count). The van der Waals surface area contributed by atoms with Crippen LogP contribution < -0.4 is 5.32 Å². The lowest BCUT2D eigenvalue weighted by molar-refractivity contribution is -0.131. The van der Waals surface area contributed by atoms with Crippen molar-refractivity contribution in [2.45, 2.75) is 76.2 Å². The lowest BCUT2D eigenvalue weighted by atomic mass is 9.88. The van der Waals surface area contributed by atoms with Crippen molar-refractivity contribution in [1.82, 2.24) is 10.2 Å². The van der Waals surface area contributed by atoms with Crippen molar-refractivity contribution in [3.8, 4) is 0 Å². The SMILES string of the molecule is CCc1ccc(CN2CCC3(CCC(CNC(=O)C4CCCO4)O3)CC2)o1. The molecule has 1 amide bonds. The van der Waals surface area contributed by atoms with E-state index in [9.17, 15) is 4.79 Å². The van der Waals surface area contributed by atoms with E-state index < -0.39 is 0 Å². The summed E-state index contributed by atoms with van der Waals surface area (Å²) >= 11 is 0. The summed E-state index contributed by atoms with van der Waals surface area (Å²) in [4.78, 5) is 14.6. The molecular weight excluding hydrogens is 344 g/mol. The molecule has 1 aromatic rings. The molecule has 0 aliphatic carbocycles. The Labute approximate surface area is 161 Å². The van der Waals surface area contributed by atoms with Crippen molar-refractivity contribution in [1.29, 1.82) is 0 Å². The second-order valence-corrected chi connectivity index (χ2v) is 8.21. The number of hydrogen-bond acceptors (Lipinski definition) is 5. The zero-order valence-electron chi connectivity index (χ0n) is 16.4. The molecule has 1 N–H and O–H groups in total. The Morgan fingerprint density at radius 3 is 2.74 bits per heavy atom. The van der Waals surface area contributed by atoms with E-state index >= 15 is 0 Å². The van der Waals surface area contributed by atoms with E-state index in [-0.39, 0.29) is 23.7 Å². The first-order valence-electron chi connectivity index (χ1n) is 10.5. The predicted octanol–water partition coefficient (Wildman–Crippen LogP) is 2.65. The second kappa shape index (κ2) is 8.33. The van der Waals surface area contributed by atoms with Gasteiger partial charge in [-0.05, 0) is 50.7 Å². The molecule has 3 aliphatic rings. The fourth-order valence-electron chi connectivity index (χ4n) is 4.56. The molecule has 2 unspecified atom stereocenters. The summed E-state index contributed by atoms with van der Waals surface area (Å²) in [6, 6.07) is 4.18. The minimum atomic E-state index is -0.251. The third kappa shape index (κ3) is 4.55. The van der Waals surface area contributed by atoms with Gasteiger partial charge in [-0.1, -0.05) is 6.92 Å². The molecule has 0 bridgehead atoms. The van der Waals surface area contributed by atoms with Gasteiger partial charge in [0.05, 0.1) is 18.2 Å². The van der Waals surface area contributed by atoms with Crippen LogP contribution in [-0.4, -0.2) is 54.9 Å². The van der Waals surface area contributed by atoms with Crippen LogP contribution in [0.2, 0.25) is 0 Å². The first kappa shape index (κ1) is 19.0. The maximum absolute atomic E-state index is 12.1. The first-order valence-corrected chi connectivity index (χ1v) is 10.5. The zero-order chi connectivity index (χ0) is 18.7. The van der Waals surface area contributed by atoms with Crippen molar-refractivity contribution in [3.05, 3.63) is 23.7 Å². The molecule has 6 heteroatoms. The van der Waals surface area contributed by atoms with Crippen LogP contribution in [0.15, 0.2) is 16.5 Å². The largest absolute Gasteiger partial charge is 0.465 e. The molecule has 0 saturated carbocycles. The van der Waals surface area contributed by atoms with Gasteiger partial charge in [-0.15, -0.1) is 0 Å². The summed E-state index contributed by atoms with van der Waals surface area (Å²) in [5.41, 5.74) is 0.00744. The number of furan rings is 1. The van der Waals surface area contributed by atoms with Crippen molar-refractivity contribution >= 4 is 5.91 Å². The average molecular weight is 376 g/mol. The molecule has 3 saturated heterocycles. The van der Waals surface area contributed by atoms with Crippen LogP contribution in [-0.2, 0) is 27.2 Å². The topological polar surface area (TPSA) is 63.9 Å². The Balaban J connectivity index is 1.20. The highest BCUT2D eigenvalue weighted by molar-refractivity contribution is 5.80. The minimum Gasteiger partial charge on any atom is -0.465 e. The summed E-state index contributed by atoms with van der Waals surface area (Å²) in [5.74, 6) is 2.15. The molecule has 6 nitrogen and oxygen atoms in total. The minimum absolute atomic E-state index is 0.00744. The van der Waals surface area contributed by atoms with Crippen LogP contribution in [0, 0.1) is 0 Å². The van der Waals surface area contributed by atoms with E-state index in [1.807, 2.05) is 0 Å². The van der Waals surface area contributed by atoms with Crippen LogP contribution >= 0.6 is 0 Å². The molecule has 1 aromatic heterocycles. The number of amides is 1. The quantitative estimate of drug-likeness (QED) is 0.827. The van der Waals surface area contributed by atoms with E-state index in [0.717, 1.165) is 76.1 Å². The van der Waals surface area contributed by atoms with Gasteiger partial charge in [0.2, 0.25) is 5.91 Å². The lowest BCUT2D eigenvalue weighted by Crippen LogP contribution is -2.45. The van der Waals surface area contributed by atoms with E-state index in [4.69, 9.17) is 13.9 Å². The van der Waals surface area contributed by atoms with Crippen LogP contribution in [0.4, 0.5) is 0 Å². The summed E-state index contributed by atoms with van der Waals surface area (Å²) in [5, 5.41) is 3.03. The number of likely N-dealkylation sites (tertiary alicyclic amines) is 1. The lowest BCUT2D eigenvalue weighted by Gasteiger charge is -2.39. The van der Waals surface area contributed by atoms with E-state index in [1.165, 1.54) is 0 Å². The van der Waals surface area contributed by atoms with Gasteiger partial charge in [-0.25, -0.2) is 0 Å². The molecule has 27 heavy (non-hydrogen) atoms. The number of aryl methyl sites for hydroxylation is 1. The second-order valence-electron chi connectivity index (χ2n) is 8.21. The van der Waals surface area contributed by atoms with Gasteiger partial charge >= 0.3 is 0 Å². The van der Waals surface area contributed by atoms with Crippen molar-refractivity contribution < 1.29 is 18.7 Å². The molecule has 1 spiro atoms. The molecule has 3 aliphatic heterocycles. The number of hydrogen-bond donors (Lipinski definition) is 1. The highest BCUT2D eigenvalue weighted by Gasteiger charge is 2.42. The van der Waals surface area contributed by atoms with E-state index in [1.54, 1.807) is 0 Å². The molecule has 150 valence electrons. The fourth-order valence-corrected chi connectivity index (χ4v) is 4.56. The maximum Gasteiger partial charge on any atom is 0.249 e. The summed E-state index contributed by atoms with van der Waals surface area (Å²) < 4.78 is 17.7. The standard InChI is InChI=1S/C21H32N2O4/c1-2-16-5-6-18(26-16)15-23-11-9-21(10-12-23)8-7-17(27-21)14-22-20(24)19-4-3-13-25-19/h5-6,17,19H,2-4,7-15H2,1H3,(H,22,24). The smallest absolute Gasteiger partial charge is 0.249 e. The first-order chi connectivity index (χ1) is 13.2. The average Bonchev–Trinajstić information content (AvgIpc) is 3.43. The van der Waals surface area contributed by atoms with Crippen molar-refractivity contribution in [2.24, 2.45) is 0 Å². The van der Waals surface area contributed by atoms with Crippen LogP contribution in [0.25, 0.3) is 0 Å². The molecule has 2 atom stereocenters. The van der Waals surface area contributed by atoms with Gasteiger partial charge in [-0.2, -0.15) is 0 Å². The number of nitrogens with one attached hydrogen (secondary N) is 1. The zero-order valence-corrected chi connectivity index (χ0v) is 16.4. The maximum atomic E-state index is 12.1. The van der Waals surface area contributed by atoms with Gasteiger partial charge in [0.25, 0.3) is 0 Å². The molecule has 0 aromatic carbocycles. The highest BCUT2D eigenvalue weighted by Crippen LogP contribution is 2.39. The predicted molar refractivity (Wildman–Crippen MR) is 101 cm³/mol. The number of carbonyl (C=O) groups is 1. The van der Waals surface area contributed by atoms with E-state index in [2.05, 4.69) is 29.3 Å². The Kier molecular flexibility index (Phi) is 5.85. The van der Waals surface area contributed by atoms with Crippen molar-refractivity contribution in [2.75, 3.05) is 26.2 Å². The Morgan fingerprint density at radius 2 is 2.04 bits per heavy atom. The fraction of sp³-hybridized carbons (Fsp3) is 0.762. The number of piperidine rings is 1. The van der Waals surface area contributed by atoms with Crippen LogP contribution in [0.1, 0.15) is 57.0 Å². The van der Waals surface area contributed by atoms with E-state index in [0.29, 0.717) is 13.2 Å². The number of rotatable bonds is 6. The van der Waals surface area contributed by atoms with Crippen LogP contribution in [0.3, 0.4) is 0 Å². The highest BCUT2D eigenvalue weighted by atomic mass is 16.5.